The SMILES string of the molecule is O=C(COc1ccc(-c2ccccc2)cc1Br)N/N=C/c1c(Cl)cccc1Cl. The maximum absolute atomic E-state index is 11.9. The van der Waals surface area contributed by atoms with Gasteiger partial charge in [-0.3, -0.25) is 4.79 Å². The molecule has 0 aliphatic heterocycles. The van der Waals surface area contributed by atoms with Crippen molar-refractivity contribution in [3.05, 3.63) is 86.8 Å². The molecule has 0 radical (unpaired) electrons. The summed E-state index contributed by atoms with van der Waals surface area (Å²) < 4.78 is 6.31. The summed E-state index contributed by atoms with van der Waals surface area (Å²) in [5.41, 5.74) is 5.06. The topological polar surface area (TPSA) is 50.7 Å². The van der Waals surface area contributed by atoms with Crippen molar-refractivity contribution in [1.82, 2.24) is 5.43 Å². The highest BCUT2D eigenvalue weighted by molar-refractivity contribution is 9.10. The van der Waals surface area contributed by atoms with Gasteiger partial charge in [0.25, 0.3) is 5.91 Å². The highest BCUT2D eigenvalue weighted by Crippen LogP contribution is 2.30. The van der Waals surface area contributed by atoms with E-state index in [1.807, 2.05) is 48.5 Å². The summed E-state index contributed by atoms with van der Waals surface area (Å²) >= 11 is 15.6. The van der Waals surface area contributed by atoms with Crippen molar-refractivity contribution >= 4 is 51.3 Å². The lowest BCUT2D eigenvalue weighted by Gasteiger charge is -2.09. The summed E-state index contributed by atoms with van der Waals surface area (Å²) in [6.07, 6.45) is 1.40. The Labute approximate surface area is 181 Å². The van der Waals surface area contributed by atoms with Crippen molar-refractivity contribution in [2.45, 2.75) is 0 Å². The molecule has 0 atom stereocenters. The monoisotopic (exact) mass is 476 g/mol. The standard InChI is InChI=1S/C21H15BrCl2N2O2/c22-17-11-15(14-5-2-1-3-6-14)9-10-20(17)28-13-21(27)26-25-12-16-18(23)7-4-8-19(16)24/h1-12H,13H2,(H,26,27)/b25-12+. The normalized spacial score (nSPS) is 10.8. The van der Waals surface area contributed by atoms with Crippen LogP contribution < -0.4 is 10.2 Å². The molecule has 4 nitrogen and oxygen atoms in total. The van der Waals surface area contributed by atoms with Crippen LogP contribution in [0.2, 0.25) is 10.0 Å². The second kappa shape index (κ2) is 9.73. The number of hydrogen-bond donors (Lipinski definition) is 1. The van der Waals surface area contributed by atoms with Gasteiger partial charge in [0.15, 0.2) is 6.61 Å². The average Bonchev–Trinajstić information content (AvgIpc) is 2.70. The van der Waals surface area contributed by atoms with Crippen molar-refractivity contribution in [3.8, 4) is 16.9 Å². The Balaban J connectivity index is 1.57. The molecule has 3 aromatic carbocycles. The minimum Gasteiger partial charge on any atom is -0.483 e. The minimum absolute atomic E-state index is 0.184. The van der Waals surface area contributed by atoms with Gasteiger partial charge in [0.05, 0.1) is 20.7 Å². The first kappa shape index (κ1) is 20.4. The Hall–Kier alpha value is -2.34. The molecule has 142 valence electrons. The van der Waals surface area contributed by atoms with Gasteiger partial charge in [0.1, 0.15) is 5.75 Å². The van der Waals surface area contributed by atoms with Gasteiger partial charge in [-0.15, -0.1) is 0 Å². The summed E-state index contributed by atoms with van der Waals surface area (Å²) in [6.45, 7) is -0.184. The third-order valence-electron chi connectivity index (χ3n) is 3.78. The molecule has 1 N–H and O–H groups in total. The molecule has 0 heterocycles. The zero-order valence-electron chi connectivity index (χ0n) is 14.5. The van der Waals surface area contributed by atoms with E-state index in [1.165, 1.54) is 6.21 Å². The predicted octanol–water partition coefficient (Wildman–Crippen LogP) is 5.95. The highest BCUT2D eigenvalue weighted by atomic mass is 79.9. The second-order valence-electron chi connectivity index (χ2n) is 5.73. The molecular weight excluding hydrogens is 463 g/mol. The maximum atomic E-state index is 11.9. The molecule has 0 aromatic heterocycles. The van der Waals surface area contributed by atoms with E-state index in [1.54, 1.807) is 18.2 Å². The van der Waals surface area contributed by atoms with Crippen LogP contribution in [0.5, 0.6) is 5.75 Å². The number of rotatable bonds is 6. The molecule has 3 aromatic rings. The Morgan fingerprint density at radius 3 is 2.39 bits per heavy atom. The Morgan fingerprint density at radius 1 is 1.00 bits per heavy atom. The summed E-state index contributed by atoms with van der Waals surface area (Å²) in [5, 5.41) is 4.76. The van der Waals surface area contributed by atoms with E-state index < -0.39 is 5.91 Å². The first-order valence-electron chi connectivity index (χ1n) is 8.28. The van der Waals surface area contributed by atoms with Gasteiger partial charge >= 0.3 is 0 Å². The van der Waals surface area contributed by atoms with Crippen LogP contribution in [0, 0.1) is 0 Å². The molecule has 28 heavy (non-hydrogen) atoms. The fourth-order valence-electron chi connectivity index (χ4n) is 2.41. The number of halogens is 3. The van der Waals surface area contributed by atoms with Crippen LogP contribution in [0.25, 0.3) is 11.1 Å². The largest absolute Gasteiger partial charge is 0.483 e. The lowest BCUT2D eigenvalue weighted by atomic mass is 10.1. The van der Waals surface area contributed by atoms with Crippen LogP contribution in [0.15, 0.2) is 76.3 Å². The quantitative estimate of drug-likeness (QED) is 0.352. The van der Waals surface area contributed by atoms with Crippen LogP contribution >= 0.6 is 39.1 Å². The van der Waals surface area contributed by atoms with Gasteiger partial charge < -0.3 is 4.74 Å². The van der Waals surface area contributed by atoms with Crippen molar-refractivity contribution in [2.75, 3.05) is 6.61 Å². The number of nitrogens with zero attached hydrogens (tertiary/aromatic N) is 1. The molecule has 0 spiro atoms. The number of hydrazone groups is 1. The molecule has 3 rings (SSSR count). The number of carbonyl (C=O) groups excluding carboxylic acids is 1. The van der Waals surface area contributed by atoms with Gasteiger partial charge in [-0.25, -0.2) is 5.43 Å². The van der Waals surface area contributed by atoms with E-state index in [-0.39, 0.29) is 6.61 Å². The number of amides is 1. The predicted molar refractivity (Wildman–Crippen MR) is 117 cm³/mol. The lowest BCUT2D eigenvalue weighted by molar-refractivity contribution is -0.123. The van der Waals surface area contributed by atoms with E-state index in [2.05, 4.69) is 26.5 Å². The Bertz CT molecular complexity index is 990. The Morgan fingerprint density at radius 2 is 1.71 bits per heavy atom. The third kappa shape index (κ3) is 5.35. The first-order chi connectivity index (χ1) is 13.5. The first-order valence-corrected chi connectivity index (χ1v) is 9.83. The smallest absolute Gasteiger partial charge is 0.277 e. The molecule has 0 saturated carbocycles. The van der Waals surface area contributed by atoms with Gasteiger partial charge in [-0.1, -0.05) is 65.7 Å². The summed E-state index contributed by atoms with van der Waals surface area (Å²) in [7, 11) is 0. The molecule has 0 unspecified atom stereocenters. The molecular formula is C21H15BrCl2N2O2. The summed E-state index contributed by atoms with van der Waals surface area (Å²) in [6, 6.07) is 20.8. The molecule has 0 fully saturated rings. The van der Waals surface area contributed by atoms with Crippen LogP contribution in [-0.4, -0.2) is 18.7 Å². The van der Waals surface area contributed by atoms with Crippen LogP contribution in [0.4, 0.5) is 0 Å². The minimum atomic E-state index is -0.404. The third-order valence-corrected chi connectivity index (χ3v) is 5.06. The van der Waals surface area contributed by atoms with Crippen molar-refractivity contribution in [1.29, 1.82) is 0 Å². The number of ether oxygens (including phenoxy) is 1. The van der Waals surface area contributed by atoms with Gasteiger partial charge in [0.2, 0.25) is 0 Å². The van der Waals surface area contributed by atoms with E-state index in [9.17, 15) is 4.79 Å². The number of carbonyl (C=O) groups is 1. The van der Waals surface area contributed by atoms with Crippen LogP contribution in [0.3, 0.4) is 0 Å². The highest BCUT2D eigenvalue weighted by Gasteiger charge is 2.07. The number of benzene rings is 3. The molecule has 0 aliphatic rings. The fraction of sp³-hybridized carbons (Fsp3) is 0.0476. The van der Waals surface area contributed by atoms with Crippen LogP contribution in [-0.2, 0) is 4.79 Å². The number of hydrogen-bond acceptors (Lipinski definition) is 3. The zero-order valence-corrected chi connectivity index (χ0v) is 17.6. The molecule has 7 heteroatoms. The van der Waals surface area contributed by atoms with Crippen molar-refractivity contribution in [3.63, 3.8) is 0 Å². The van der Waals surface area contributed by atoms with E-state index in [0.717, 1.165) is 15.6 Å². The summed E-state index contributed by atoms with van der Waals surface area (Å²) in [5.74, 6) is 0.159. The molecule has 0 aliphatic carbocycles. The Kier molecular flexibility index (Phi) is 7.09. The van der Waals surface area contributed by atoms with Crippen LogP contribution in [0.1, 0.15) is 5.56 Å². The van der Waals surface area contributed by atoms with Crippen molar-refractivity contribution in [2.24, 2.45) is 5.10 Å². The lowest BCUT2D eigenvalue weighted by Crippen LogP contribution is -2.24. The van der Waals surface area contributed by atoms with E-state index in [4.69, 9.17) is 27.9 Å². The molecule has 1 amide bonds. The van der Waals surface area contributed by atoms with E-state index >= 15 is 0 Å². The van der Waals surface area contributed by atoms with Gasteiger partial charge in [0, 0.05) is 5.56 Å². The van der Waals surface area contributed by atoms with Crippen molar-refractivity contribution < 1.29 is 9.53 Å². The number of nitrogens with one attached hydrogen (secondary N) is 1. The maximum Gasteiger partial charge on any atom is 0.277 e. The fourth-order valence-corrected chi connectivity index (χ4v) is 3.39. The van der Waals surface area contributed by atoms with Gasteiger partial charge in [-0.05, 0) is 51.3 Å². The molecule has 0 bridgehead atoms. The summed E-state index contributed by atoms with van der Waals surface area (Å²) in [4.78, 5) is 11.9. The average molecular weight is 478 g/mol. The molecule has 0 saturated heterocycles. The zero-order chi connectivity index (χ0) is 19.9. The van der Waals surface area contributed by atoms with Gasteiger partial charge in [-0.2, -0.15) is 5.10 Å². The second-order valence-corrected chi connectivity index (χ2v) is 7.40. The van der Waals surface area contributed by atoms with E-state index in [0.29, 0.717) is 21.4 Å².